The zero-order chi connectivity index (χ0) is 16.5. The fraction of sp³-hybridized carbons (Fsp3) is 0.714. The molecule has 0 spiro atoms. The summed E-state index contributed by atoms with van der Waals surface area (Å²) in [5.41, 5.74) is -0.296. The minimum Gasteiger partial charge on any atom is -0.358 e. The van der Waals surface area contributed by atoms with Crippen LogP contribution < -0.4 is 5.32 Å². The molecule has 1 saturated heterocycles. The number of carbonyl (C=O) groups is 1. The number of rotatable bonds is 3. The van der Waals surface area contributed by atoms with Crippen LogP contribution in [-0.2, 0) is 20.4 Å². The van der Waals surface area contributed by atoms with Crippen molar-refractivity contribution < 1.29 is 13.2 Å². The summed E-state index contributed by atoms with van der Waals surface area (Å²) in [5, 5.41) is 6.70. The molecule has 1 N–H and O–H groups in total. The van der Waals surface area contributed by atoms with Gasteiger partial charge in [-0.2, -0.15) is 9.40 Å². The minimum absolute atomic E-state index is 0.137. The summed E-state index contributed by atoms with van der Waals surface area (Å²) in [6.45, 7) is 6.21. The van der Waals surface area contributed by atoms with E-state index in [0.29, 0.717) is 13.0 Å². The number of hydrogen-bond acceptors (Lipinski definition) is 4. The van der Waals surface area contributed by atoms with Crippen molar-refractivity contribution in [1.82, 2.24) is 19.4 Å². The average molecular weight is 328 g/mol. The Morgan fingerprint density at radius 3 is 2.59 bits per heavy atom. The van der Waals surface area contributed by atoms with Gasteiger partial charge < -0.3 is 5.32 Å². The van der Waals surface area contributed by atoms with Gasteiger partial charge in [-0.15, -0.1) is 0 Å². The average Bonchev–Trinajstić information content (AvgIpc) is 2.97. The number of sulfonamides is 1. The van der Waals surface area contributed by atoms with E-state index in [0.717, 1.165) is 12.8 Å². The highest BCUT2D eigenvalue weighted by Crippen LogP contribution is 2.26. The Bertz CT molecular complexity index is 645. The number of nitrogens with one attached hydrogen (secondary N) is 1. The lowest BCUT2D eigenvalue weighted by Gasteiger charge is -2.32. The first kappa shape index (κ1) is 17.0. The maximum Gasteiger partial charge on any atom is 0.246 e. The third kappa shape index (κ3) is 3.17. The van der Waals surface area contributed by atoms with Crippen molar-refractivity contribution in [3.63, 3.8) is 0 Å². The first-order valence-corrected chi connectivity index (χ1v) is 8.90. The van der Waals surface area contributed by atoms with E-state index in [9.17, 15) is 13.2 Å². The van der Waals surface area contributed by atoms with Crippen LogP contribution in [0.1, 0.15) is 40.0 Å². The molecule has 8 heteroatoms. The normalized spacial score (nSPS) is 20.8. The molecule has 0 radical (unpaired) electrons. The number of nitrogens with zero attached hydrogens (tertiary/aromatic N) is 3. The quantitative estimate of drug-likeness (QED) is 0.894. The zero-order valence-electron chi connectivity index (χ0n) is 13.5. The van der Waals surface area contributed by atoms with Crippen LogP contribution in [0.2, 0.25) is 0 Å². The van der Waals surface area contributed by atoms with Gasteiger partial charge >= 0.3 is 0 Å². The second-order valence-corrected chi connectivity index (χ2v) is 8.42. The molecule has 1 unspecified atom stereocenters. The van der Waals surface area contributed by atoms with E-state index in [1.807, 2.05) is 20.8 Å². The molecule has 1 aromatic heterocycles. The molecule has 1 aromatic rings. The Hall–Kier alpha value is -1.41. The number of aromatic nitrogens is 2. The largest absolute Gasteiger partial charge is 0.358 e. The molecular weight excluding hydrogens is 304 g/mol. The highest BCUT2D eigenvalue weighted by molar-refractivity contribution is 7.89. The molecule has 0 bridgehead atoms. The molecule has 2 heterocycles. The molecule has 0 saturated carbocycles. The molecular formula is C14H24N4O3S. The molecule has 0 aromatic carbocycles. The van der Waals surface area contributed by atoms with Gasteiger partial charge in [-0.05, 0) is 33.6 Å². The van der Waals surface area contributed by atoms with Crippen molar-refractivity contribution in [2.45, 2.75) is 56.5 Å². The topological polar surface area (TPSA) is 84.3 Å². The van der Waals surface area contributed by atoms with E-state index in [2.05, 4.69) is 10.4 Å². The van der Waals surface area contributed by atoms with Gasteiger partial charge in [-0.25, -0.2) is 8.42 Å². The van der Waals surface area contributed by atoms with Crippen LogP contribution in [0.4, 0.5) is 0 Å². The lowest BCUT2D eigenvalue weighted by Crippen LogP contribution is -2.51. The van der Waals surface area contributed by atoms with Crippen molar-refractivity contribution in [1.29, 1.82) is 0 Å². The summed E-state index contributed by atoms with van der Waals surface area (Å²) < 4.78 is 28.6. The van der Waals surface area contributed by atoms with Crippen LogP contribution in [-0.4, -0.2) is 48.0 Å². The van der Waals surface area contributed by atoms with Crippen molar-refractivity contribution in [2.24, 2.45) is 0 Å². The van der Waals surface area contributed by atoms with Crippen molar-refractivity contribution in [3.05, 3.63) is 12.4 Å². The minimum atomic E-state index is -3.72. The highest BCUT2D eigenvalue weighted by atomic mass is 32.2. The third-order valence-electron chi connectivity index (χ3n) is 3.86. The predicted octanol–water partition coefficient (Wildman–Crippen LogP) is 0.927. The van der Waals surface area contributed by atoms with E-state index in [1.54, 1.807) is 4.68 Å². The van der Waals surface area contributed by atoms with Crippen LogP contribution in [0.25, 0.3) is 0 Å². The van der Waals surface area contributed by atoms with Gasteiger partial charge in [-0.1, -0.05) is 6.42 Å². The Morgan fingerprint density at radius 2 is 2.05 bits per heavy atom. The second-order valence-electron chi connectivity index (χ2n) is 6.53. The second kappa shape index (κ2) is 6.00. The Balaban J connectivity index is 2.35. The fourth-order valence-corrected chi connectivity index (χ4v) is 4.15. The molecule has 2 rings (SSSR count). The SMILES string of the molecule is CNC(=O)C1CCCCN1S(=O)(=O)c1cnn(C(C)(C)C)c1. The molecule has 1 fully saturated rings. The van der Waals surface area contributed by atoms with E-state index in [-0.39, 0.29) is 16.3 Å². The Labute approximate surface area is 131 Å². The van der Waals surface area contributed by atoms with Gasteiger partial charge in [0.2, 0.25) is 15.9 Å². The summed E-state index contributed by atoms with van der Waals surface area (Å²) >= 11 is 0. The summed E-state index contributed by atoms with van der Waals surface area (Å²) in [5.74, 6) is -0.258. The van der Waals surface area contributed by atoms with E-state index < -0.39 is 16.1 Å². The summed E-state index contributed by atoms with van der Waals surface area (Å²) in [7, 11) is -2.19. The van der Waals surface area contributed by atoms with Crippen LogP contribution >= 0.6 is 0 Å². The fourth-order valence-electron chi connectivity index (χ4n) is 2.56. The van der Waals surface area contributed by atoms with Crippen LogP contribution in [0.5, 0.6) is 0 Å². The molecule has 1 aliphatic rings. The van der Waals surface area contributed by atoms with E-state index in [1.165, 1.54) is 23.7 Å². The number of amides is 1. The molecule has 1 atom stereocenters. The first-order chi connectivity index (χ1) is 10.2. The number of hydrogen-bond donors (Lipinski definition) is 1. The Morgan fingerprint density at radius 1 is 1.36 bits per heavy atom. The van der Waals surface area contributed by atoms with Crippen molar-refractivity contribution >= 4 is 15.9 Å². The molecule has 1 aliphatic heterocycles. The van der Waals surface area contributed by atoms with Gasteiger partial charge in [-0.3, -0.25) is 9.48 Å². The molecule has 7 nitrogen and oxygen atoms in total. The maximum absolute atomic E-state index is 12.9. The standard InChI is InChI=1S/C14H24N4O3S/c1-14(2,3)18-10-11(9-16-18)22(20,21)17-8-6-5-7-12(17)13(19)15-4/h9-10,12H,5-8H2,1-4H3,(H,15,19). The maximum atomic E-state index is 12.9. The smallest absolute Gasteiger partial charge is 0.246 e. The number of piperidine rings is 1. The van der Waals surface area contributed by atoms with Crippen LogP contribution in [0.15, 0.2) is 17.3 Å². The highest BCUT2D eigenvalue weighted by Gasteiger charge is 2.38. The molecule has 0 aliphatic carbocycles. The van der Waals surface area contributed by atoms with Gasteiger partial charge in [0, 0.05) is 19.8 Å². The van der Waals surface area contributed by atoms with Crippen molar-refractivity contribution in [2.75, 3.05) is 13.6 Å². The molecule has 124 valence electrons. The van der Waals surface area contributed by atoms with Gasteiger partial charge in [0.1, 0.15) is 10.9 Å². The van der Waals surface area contributed by atoms with E-state index >= 15 is 0 Å². The van der Waals surface area contributed by atoms with E-state index in [4.69, 9.17) is 0 Å². The van der Waals surface area contributed by atoms with Gasteiger partial charge in [0.05, 0.1) is 11.7 Å². The predicted molar refractivity (Wildman–Crippen MR) is 82.8 cm³/mol. The Kier molecular flexibility index (Phi) is 4.62. The van der Waals surface area contributed by atoms with Gasteiger partial charge in [0.15, 0.2) is 0 Å². The van der Waals surface area contributed by atoms with Crippen LogP contribution in [0, 0.1) is 0 Å². The monoisotopic (exact) mass is 328 g/mol. The van der Waals surface area contributed by atoms with Gasteiger partial charge in [0.25, 0.3) is 0 Å². The summed E-state index contributed by atoms with van der Waals surface area (Å²) in [4.78, 5) is 12.1. The first-order valence-electron chi connectivity index (χ1n) is 7.46. The third-order valence-corrected chi connectivity index (χ3v) is 5.72. The summed E-state index contributed by atoms with van der Waals surface area (Å²) in [6.07, 6.45) is 5.05. The lowest BCUT2D eigenvalue weighted by molar-refractivity contribution is -0.125. The lowest BCUT2D eigenvalue weighted by atomic mass is 10.0. The molecule has 22 heavy (non-hydrogen) atoms. The molecule has 1 amide bonds. The summed E-state index contributed by atoms with van der Waals surface area (Å²) in [6, 6.07) is -0.637. The number of carbonyl (C=O) groups excluding carboxylic acids is 1. The van der Waals surface area contributed by atoms with Crippen LogP contribution in [0.3, 0.4) is 0 Å². The number of likely N-dealkylation sites (N-methyl/N-ethyl adjacent to an activating group) is 1. The van der Waals surface area contributed by atoms with Crippen molar-refractivity contribution in [3.8, 4) is 0 Å². The zero-order valence-corrected chi connectivity index (χ0v) is 14.4.